The summed E-state index contributed by atoms with van der Waals surface area (Å²) in [7, 11) is 11.3. The number of hydrogen-bond donors (Lipinski definition) is 4. The molecule has 5 fully saturated rings. The van der Waals surface area contributed by atoms with E-state index in [1.54, 1.807) is 52.7 Å². The Balaban J connectivity index is 0.00000385. The molecule has 17 rings (SSSR count). The lowest BCUT2D eigenvalue weighted by atomic mass is 9.16. The fraction of sp³-hybridized carbons (Fsp3) is 0.520. The largest absolute Gasteiger partial charge is 0.508 e. The molecule has 4 aromatic rings. The van der Waals surface area contributed by atoms with Gasteiger partial charge in [-0.25, -0.2) is 0 Å². The zero-order valence-corrected chi connectivity index (χ0v) is 36.8. The van der Waals surface area contributed by atoms with Crippen molar-refractivity contribution in [2.45, 2.75) is 82.8 Å². The van der Waals surface area contributed by atoms with Gasteiger partial charge in [0.2, 0.25) is 0 Å². The van der Waals surface area contributed by atoms with Gasteiger partial charge < -0.3 is 58.6 Å². The summed E-state index contributed by atoms with van der Waals surface area (Å²) in [6.45, 7) is 1.60. The van der Waals surface area contributed by atoms with Crippen LogP contribution in [0.15, 0.2) is 48.5 Å². The van der Waals surface area contributed by atoms with Crippen LogP contribution in [-0.2, 0) is 55.2 Å². The fourth-order valence-electron chi connectivity index (χ4n) is 19.3. The van der Waals surface area contributed by atoms with Crippen LogP contribution in [0.4, 0.5) is 0 Å². The molecular weight excluding hydrogens is 824 g/mol. The molecule has 0 radical (unpaired) electrons. The van der Waals surface area contributed by atoms with Gasteiger partial charge in [0.25, 0.3) is 0 Å². The first-order valence-electron chi connectivity index (χ1n) is 22.4. The minimum Gasteiger partial charge on any atom is -0.508 e. The number of methoxy groups -OCH3 is 4. The lowest BCUT2D eigenvalue weighted by molar-refractivity contribution is -0.402. The van der Waals surface area contributed by atoms with Crippen LogP contribution in [0.2, 0.25) is 0 Å². The van der Waals surface area contributed by atoms with Crippen molar-refractivity contribution in [3.63, 3.8) is 0 Å². The summed E-state index contributed by atoms with van der Waals surface area (Å²) in [4.78, 5) is 5.01. The van der Waals surface area contributed by atoms with Crippen LogP contribution in [0.25, 0.3) is 0 Å². The Bertz CT molecular complexity index is 2650. The summed E-state index contributed by atoms with van der Waals surface area (Å²) in [5, 5.41) is 50.7. The Hall–Kier alpha value is -4.59. The Morgan fingerprint density at radius 3 is 1.27 bits per heavy atom. The smallest absolute Gasteiger partial charge is 0.166 e. The molecule has 0 aromatic heterocycles. The van der Waals surface area contributed by atoms with E-state index >= 15 is 0 Å². The summed E-state index contributed by atoms with van der Waals surface area (Å²) in [6.07, 6.45) is 1.62. The van der Waals surface area contributed by atoms with E-state index in [4.69, 9.17) is 28.4 Å². The molecule has 13 heteroatoms. The lowest BCUT2D eigenvalue weighted by Crippen LogP contribution is -2.96. The number of likely N-dealkylation sites (tertiary alicyclic amines) is 2. The second-order valence-electron chi connectivity index (χ2n) is 20.6. The molecule has 4 unspecified atom stereocenters. The topological polar surface area (TPSA) is 143 Å². The SMILES string of the molecule is COc1ccc2c3c1O[C@@H]1[C@]34CCN(C)[C@@H](C2)[C@@]42c3c(O)ccc(O)c3[C@]1(OC)C1C2C2C1[C@@]1(OC)c3c(O)ccc(O)c3[C@@]23[C@H]2Cc4ccc(OC)c5c4[C@@]3(CCN2C)[C@H]1O5.Cl. The van der Waals surface area contributed by atoms with E-state index in [9.17, 15) is 20.4 Å². The predicted octanol–water partition coefficient (Wildman–Crippen LogP) is 5.26. The third-order valence-electron chi connectivity index (χ3n) is 20.2. The average Bonchev–Trinajstić information content (AvgIpc) is 3.82. The lowest BCUT2D eigenvalue weighted by Gasteiger charge is -2.89. The number of likely N-dealkylation sites (N-methyl/N-ethyl adjacent to an activating group) is 2. The monoisotopic (exact) mass is 874 g/mol. The molecule has 9 aliphatic carbocycles. The first kappa shape index (κ1) is 37.8. The number of phenolic OH excluding ortho intramolecular Hbond substituents is 4. The van der Waals surface area contributed by atoms with E-state index in [0.717, 1.165) is 59.7 Å². The van der Waals surface area contributed by atoms with Crippen LogP contribution >= 0.6 is 12.4 Å². The van der Waals surface area contributed by atoms with Gasteiger partial charge in [-0.2, -0.15) is 0 Å². The first-order valence-corrected chi connectivity index (χ1v) is 22.4. The Morgan fingerprint density at radius 1 is 0.524 bits per heavy atom. The highest BCUT2D eigenvalue weighted by atomic mass is 35.5. The molecule has 4 aliphatic heterocycles. The molecule has 63 heavy (non-hydrogen) atoms. The van der Waals surface area contributed by atoms with Gasteiger partial charge >= 0.3 is 0 Å². The van der Waals surface area contributed by atoms with E-state index in [1.807, 2.05) is 12.1 Å². The highest BCUT2D eigenvalue weighted by Crippen LogP contribution is 2.93. The number of benzene rings is 4. The van der Waals surface area contributed by atoms with Gasteiger partial charge in [0.05, 0.1) is 25.0 Å². The van der Waals surface area contributed by atoms with Gasteiger partial charge in [-0.1, -0.05) is 12.1 Å². The van der Waals surface area contributed by atoms with E-state index in [-0.39, 0.29) is 71.2 Å². The molecule has 0 amide bonds. The summed E-state index contributed by atoms with van der Waals surface area (Å²) >= 11 is 0. The van der Waals surface area contributed by atoms with Crippen LogP contribution in [0, 0.1) is 23.7 Å². The second kappa shape index (κ2) is 10.9. The number of nitrogens with zero attached hydrogens (tertiary/aromatic N) is 2. The first-order chi connectivity index (χ1) is 30.0. The summed E-state index contributed by atoms with van der Waals surface area (Å²) in [6, 6.07) is 14.8. The Kier molecular flexibility index (Phi) is 6.54. The number of rotatable bonds is 4. The van der Waals surface area contributed by atoms with Crippen molar-refractivity contribution in [2.75, 3.05) is 55.6 Å². The van der Waals surface area contributed by atoms with Crippen molar-refractivity contribution in [2.24, 2.45) is 23.7 Å². The average molecular weight is 875 g/mol. The third kappa shape index (κ3) is 3.08. The van der Waals surface area contributed by atoms with Gasteiger partial charge in [0, 0.05) is 82.3 Å². The predicted molar refractivity (Wildman–Crippen MR) is 229 cm³/mol. The van der Waals surface area contributed by atoms with E-state index in [1.165, 1.54) is 11.1 Å². The van der Waals surface area contributed by atoms with Gasteiger partial charge in [-0.05, 0) is 112 Å². The maximum absolute atomic E-state index is 12.8. The Labute approximate surface area is 371 Å². The van der Waals surface area contributed by atoms with Crippen LogP contribution in [-0.4, -0.2) is 110 Å². The molecule has 13 aliphatic rings. The summed E-state index contributed by atoms with van der Waals surface area (Å²) in [5.41, 5.74) is 1.67. The highest BCUT2D eigenvalue weighted by molar-refractivity contribution is 5.85. The number of aromatic hydroxyl groups is 4. The third-order valence-corrected chi connectivity index (χ3v) is 20.2. The fourth-order valence-corrected chi connectivity index (χ4v) is 19.3. The van der Waals surface area contributed by atoms with Crippen molar-refractivity contribution in [3.05, 3.63) is 93.0 Å². The van der Waals surface area contributed by atoms with E-state index < -0.39 is 45.1 Å². The highest BCUT2D eigenvalue weighted by Gasteiger charge is 2.98. The molecule has 4 aromatic carbocycles. The minimum atomic E-state index is -1.33. The number of ether oxygens (including phenoxy) is 6. The number of piperidine rings is 2. The Morgan fingerprint density at radius 2 is 0.905 bits per heavy atom. The molecule has 4 N–H and O–H groups in total. The van der Waals surface area contributed by atoms with Gasteiger partial charge in [0.15, 0.2) is 23.0 Å². The number of hydrogen-bond acceptors (Lipinski definition) is 12. The van der Waals surface area contributed by atoms with Crippen molar-refractivity contribution in [1.29, 1.82) is 0 Å². The van der Waals surface area contributed by atoms with E-state index in [2.05, 4.69) is 36.0 Å². The standard InChI is InChI=1S/C50H50N2O10.ClH/c1-51-17-15-45-31-21-7-13-27(57-3)41(31)61-43(45)49(59-5)35-25(55)11-9-23(53)33(35)47(45,29(51)19-21)37-38-40(39(37)49)50(60-6)36-26(56)12-10-24(54)34(36)48(38)30-20-22-8-14-28(58-4)42-32(22)46(48,44(50)62-42)16-18-52(30)2;/h7-14,29-30,37-40,43-44,53-56H,15-20H2,1-6H3;1H/t29-,30+,37?,38?,39?,40?,43-,44-,45+,46+,47+,48+,49+,50+;/m1./s1. The summed E-state index contributed by atoms with van der Waals surface area (Å²) < 4.78 is 42.0. The maximum Gasteiger partial charge on any atom is 0.166 e. The van der Waals surface area contributed by atoms with Crippen molar-refractivity contribution >= 4 is 12.4 Å². The zero-order valence-electron chi connectivity index (χ0n) is 36.0. The maximum atomic E-state index is 12.8. The van der Waals surface area contributed by atoms with Gasteiger partial charge in [0.1, 0.15) is 46.4 Å². The summed E-state index contributed by atoms with van der Waals surface area (Å²) in [5.74, 6) is 2.04. The molecule has 4 heterocycles. The second-order valence-corrected chi connectivity index (χ2v) is 20.6. The van der Waals surface area contributed by atoms with Crippen LogP contribution in [0.3, 0.4) is 0 Å². The van der Waals surface area contributed by atoms with Crippen LogP contribution in [0.5, 0.6) is 46.0 Å². The molecule has 4 spiro atoms. The zero-order chi connectivity index (χ0) is 42.2. The number of halogens is 1. The number of phenols is 4. The molecule has 2 saturated heterocycles. The van der Waals surface area contributed by atoms with Crippen LogP contribution < -0.4 is 18.9 Å². The molecule has 328 valence electrons. The molecule has 14 atom stereocenters. The van der Waals surface area contributed by atoms with Gasteiger partial charge in [-0.3, -0.25) is 0 Å². The molecule has 3 saturated carbocycles. The normalized spacial score (nSPS) is 43.1. The molecule has 12 nitrogen and oxygen atoms in total. The van der Waals surface area contributed by atoms with E-state index in [0.29, 0.717) is 35.5 Å². The molecular formula is C50H51ClN2O10. The minimum absolute atomic E-state index is 0. The quantitative estimate of drug-likeness (QED) is 0.199. The van der Waals surface area contributed by atoms with Crippen molar-refractivity contribution < 1.29 is 48.8 Å². The van der Waals surface area contributed by atoms with Crippen LogP contribution in [0.1, 0.15) is 57.3 Å². The van der Waals surface area contributed by atoms with Crippen molar-refractivity contribution in [3.8, 4) is 46.0 Å². The molecule has 8 bridgehead atoms. The van der Waals surface area contributed by atoms with Crippen molar-refractivity contribution in [1.82, 2.24) is 9.80 Å². The van der Waals surface area contributed by atoms with Gasteiger partial charge in [-0.15, -0.1) is 12.4 Å².